The number of hydrogen-bond donors (Lipinski definition) is 0. The number of methoxy groups -OCH3 is 1. The predicted octanol–water partition coefficient (Wildman–Crippen LogP) is 3.76. The van der Waals surface area contributed by atoms with Gasteiger partial charge in [0.15, 0.2) is 0 Å². The van der Waals surface area contributed by atoms with E-state index in [1.807, 2.05) is 0 Å². The molecule has 0 fully saturated rings. The second-order valence-corrected chi connectivity index (χ2v) is 4.57. The molecule has 1 aromatic rings. The molecule has 5 nitrogen and oxygen atoms in total. The van der Waals surface area contributed by atoms with Crippen molar-refractivity contribution in [2.24, 2.45) is 0 Å². The van der Waals surface area contributed by atoms with E-state index < -0.39 is 18.4 Å². The largest absolute Gasteiger partial charge is 0.573 e. The minimum absolute atomic E-state index is 0.00127. The van der Waals surface area contributed by atoms with Gasteiger partial charge in [-0.25, -0.2) is 4.79 Å². The third-order valence-corrected chi connectivity index (χ3v) is 2.76. The molecule has 0 aliphatic rings. The summed E-state index contributed by atoms with van der Waals surface area (Å²) in [4.78, 5) is 11.3. The highest BCUT2D eigenvalue weighted by atomic mass is 19.4. The van der Waals surface area contributed by atoms with Gasteiger partial charge >= 0.3 is 12.3 Å². The summed E-state index contributed by atoms with van der Waals surface area (Å²) in [6.45, 7) is 1.97. The Bertz CT molecular complexity index is 526. The van der Waals surface area contributed by atoms with Gasteiger partial charge in [-0.2, -0.15) is 0 Å². The fourth-order valence-electron chi connectivity index (χ4n) is 1.81. The highest BCUT2D eigenvalue weighted by Crippen LogP contribution is 2.27. The third-order valence-electron chi connectivity index (χ3n) is 2.76. The Balaban J connectivity index is 2.74. The lowest BCUT2D eigenvalue weighted by Crippen LogP contribution is -2.17. The minimum Gasteiger partial charge on any atom is -0.463 e. The monoisotopic (exact) mass is 348 g/mol. The van der Waals surface area contributed by atoms with Crippen LogP contribution in [-0.2, 0) is 19.0 Å². The number of ether oxygens (including phenoxy) is 4. The van der Waals surface area contributed by atoms with Gasteiger partial charge in [0, 0.05) is 13.2 Å². The molecule has 0 N–H and O–H groups in total. The molecular formula is C16H19F3O5. The summed E-state index contributed by atoms with van der Waals surface area (Å²) >= 11 is 0. The highest BCUT2D eigenvalue weighted by Gasteiger charge is 2.31. The summed E-state index contributed by atoms with van der Waals surface area (Å²) in [5.74, 6) is -0.796. The molecule has 0 aromatic heterocycles. The summed E-state index contributed by atoms with van der Waals surface area (Å²) in [6, 6.07) is 5.31. The molecule has 0 amide bonds. The van der Waals surface area contributed by atoms with Crippen molar-refractivity contribution < 1.29 is 36.9 Å². The van der Waals surface area contributed by atoms with Crippen LogP contribution in [0.25, 0.3) is 0 Å². The molecule has 8 heteroatoms. The van der Waals surface area contributed by atoms with Crippen molar-refractivity contribution in [3.8, 4) is 5.75 Å². The molecule has 1 unspecified atom stereocenters. The first-order valence-electron chi connectivity index (χ1n) is 7.15. The van der Waals surface area contributed by atoms with Crippen molar-refractivity contribution in [3.05, 3.63) is 42.0 Å². The lowest BCUT2D eigenvalue weighted by Gasteiger charge is -2.17. The fraction of sp³-hybridized carbons (Fsp3) is 0.438. The van der Waals surface area contributed by atoms with Gasteiger partial charge in [-0.05, 0) is 31.0 Å². The molecule has 134 valence electrons. The molecule has 1 rings (SSSR count). The SMILES string of the molecule is CCOC(=O)/C=C/CC(OCOC)c1ccc(OC(F)(F)F)cc1. The molecule has 0 aliphatic carbocycles. The van der Waals surface area contributed by atoms with Crippen molar-refractivity contribution in [2.45, 2.75) is 25.8 Å². The Morgan fingerprint density at radius 3 is 2.46 bits per heavy atom. The van der Waals surface area contributed by atoms with E-state index in [2.05, 4.69) is 4.74 Å². The zero-order valence-corrected chi connectivity index (χ0v) is 13.3. The standard InChI is InChI=1S/C16H19F3O5/c1-3-22-15(20)6-4-5-14(23-11-21-2)12-7-9-13(10-8-12)24-16(17,18)19/h4,6-10,14H,3,5,11H2,1-2H3/b6-4+. The maximum Gasteiger partial charge on any atom is 0.573 e. The Kier molecular flexibility index (Phi) is 8.28. The lowest BCUT2D eigenvalue weighted by molar-refractivity contribution is -0.274. The average molecular weight is 348 g/mol. The van der Waals surface area contributed by atoms with Crippen LogP contribution in [0.3, 0.4) is 0 Å². The number of rotatable bonds is 9. The normalized spacial score (nSPS) is 13.0. The van der Waals surface area contributed by atoms with Crippen LogP contribution in [0.5, 0.6) is 5.75 Å². The van der Waals surface area contributed by atoms with E-state index in [-0.39, 0.29) is 19.1 Å². The second-order valence-electron chi connectivity index (χ2n) is 4.57. The number of halogens is 3. The first-order chi connectivity index (χ1) is 11.4. The highest BCUT2D eigenvalue weighted by molar-refractivity contribution is 5.81. The van der Waals surface area contributed by atoms with E-state index in [1.165, 1.54) is 37.5 Å². The Labute approximate surface area is 138 Å². The number of esters is 1. The van der Waals surface area contributed by atoms with Gasteiger partial charge in [0.25, 0.3) is 0 Å². The third kappa shape index (κ3) is 7.98. The molecular weight excluding hydrogens is 329 g/mol. The van der Waals surface area contributed by atoms with E-state index in [0.29, 0.717) is 12.0 Å². The van der Waals surface area contributed by atoms with Crippen LogP contribution >= 0.6 is 0 Å². The van der Waals surface area contributed by atoms with Crippen LogP contribution in [0.4, 0.5) is 13.2 Å². The van der Waals surface area contributed by atoms with Gasteiger partial charge in [0.1, 0.15) is 12.5 Å². The average Bonchev–Trinajstić information content (AvgIpc) is 2.50. The first kappa shape index (κ1) is 20.0. The number of carbonyl (C=O) groups excluding carboxylic acids is 1. The Hall–Kier alpha value is -2.06. The summed E-state index contributed by atoms with van der Waals surface area (Å²) in [7, 11) is 1.45. The van der Waals surface area contributed by atoms with Gasteiger partial charge in [-0.1, -0.05) is 18.2 Å². The number of alkyl halides is 3. The molecule has 24 heavy (non-hydrogen) atoms. The van der Waals surface area contributed by atoms with Crippen LogP contribution in [0.15, 0.2) is 36.4 Å². The summed E-state index contributed by atoms with van der Waals surface area (Å²) in [6.07, 6.45) is -2.07. The zero-order valence-electron chi connectivity index (χ0n) is 13.3. The predicted molar refractivity (Wildman–Crippen MR) is 79.2 cm³/mol. The van der Waals surface area contributed by atoms with Crippen LogP contribution < -0.4 is 4.74 Å². The quantitative estimate of drug-likeness (QED) is 0.386. The molecule has 0 saturated heterocycles. The molecule has 1 atom stereocenters. The molecule has 0 radical (unpaired) electrons. The van der Waals surface area contributed by atoms with Gasteiger partial charge < -0.3 is 18.9 Å². The van der Waals surface area contributed by atoms with Crippen LogP contribution in [0, 0.1) is 0 Å². The van der Waals surface area contributed by atoms with Crippen molar-refractivity contribution in [2.75, 3.05) is 20.5 Å². The maximum absolute atomic E-state index is 12.2. The van der Waals surface area contributed by atoms with E-state index in [1.54, 1.807) is 13.0 Å². The maximum atomic E-state index is 12.2. The van der Waals surface area contributed by atoms with Crippen molar-refractivity contribution in [3.63, 3.8) is 0 Å². The van der Waals surface area contributed by atoms with E-state index in [9.17, 15) is 18.0 Å². The summed E-state index contributed by atoms with van der Waals surface area (Å²) in [5.41, 5.74) is 0.620. The Morgan fingerprint density at radius 1 is 1.25 bits per heavy atom. The molecule has 0 saturated carbocycles. The van der Waals surface area contributed by atoms with Crippen molar-refractivity contribution in [1.82, 2.24) is 0 Å². The van der Waals surface area contributed by atoms with Crippen LogP contribution in [0.1, 0.15) is 25.0 Å². The van der Waals surface area contributed by atoms with Gasteiger partial charge in [0.2, 0.25) is 0 Å². The van der Waals surface area contributed by atoms with Crippen molar-refractivity contribution >= 4 is 5.97 Å². The van der Waals surface area contributed by atoms with Crippen molar-refractivity contribution in [1.29, 1.82) is 0 Å². The van der Waals surface area contributed by atoms with E-state index in [4.69, 9.17) is 14.2 Å². The van der Waals surface area contributed by atoms with E-state index in [0.717, 1.165) is 0 Å². The summed E-state index contributed by atoms with van der Waals surface area (Å²) in [5, 5.41) is 0. The fourth-order valence-corrected chi connectivity index (χ4v) is 1.81. The number of hydrogen-bond acceptors (Lipinski definition) is 5. The van der Waals surface area contributed by atoms with Crippen LogP contribution in [-0.4, -0.2) is 32.8 Å². The topological polar surface area (TPSA) is 54.0 Å². The molecule has 1 aromatic carbocycles. The zero-order chi connectivity index (χ0) is 18.0. The molecule has 0 heterocycles. The van der Waals surface area contributed by atoms with E-state index >= 15 is 0 Å². The number of carbonyl (C=O) groups is 1. The minimum atomic E-state index is -4.74. The number of benzene rings is 1. The van der Waals surface area contributed by atoms with Crippen LogP contribution in [0.2, 0.25) is 0 Å². The smallest absolute Gasteiger partial charge is 0.463 e. The molecule has 0 spiro atoms. The van der Waals surface area contributed by atoms with Gasteiger partial charge in [0.05, 0.1) is 12.7 Å². The first-order valence-corrected chi connectivity index (χ1v) is 7.15. The second kappa shape index (κ2) is 9.94. The summed E-state index contributed by atoms with van der Waals surface area (Å²) < 4.78 is 55.4. The lowest BCUT2D eigenvalue weighted by atomic mass is 10.1. The molecule has 0 bridgehead atoms. The Morgan fingerprint density at radius 2 is 1.92 bits per heavy atom. The molecule has 0 aliphatic heterocycles. The van der Waals surface area contributed by atoms with Gasteiger partial charge in [-0.15, -0.1) is 13.2 Å². The van der Waals surface area contributed by atoms with Gasteiger partial charge in [-0.3, -0.25) is 0 Å².